The van der Waals surface area contributed by atoms with Gasteiger partial charge in [0.05, 0.1) is 18.9 Å². The third kappa shape index (κ3) is 4.51. The van der Waals surface area contributed by atoms with Gasteiger partial charge in [-0.05, 0) is 18.6 Å². The number of aliphatic carboxylic acids is 1. The average molecular weight is 303 g/mol. The van der Waals surface area contributed by atoms with Crippen molar-refractivity contribution in [2.75, 3.05) is 6.61 Å². The molecule has 0 bridgehead atoms. The zero-order valence-electron chi connectivity index (χ0n) is 11.6. The van der Waals surface area contributed by atoms with Crippen molar-refractivity contribution >= 4 is 5.97 Å². The normalized spacial score (nSPS) is 18.7. The molecule has 1 aromatic rings. The van der Waals surface area contributed by atoms with E-state index >= 15 is 0 Å². The van der Waals surface area contributed by atoms with Gasteiger partial charge in [0.2, 0.25) is 0 Å². The zero-order valence-corrected chi connectivity index (χ0v) is 11.6. The molecule has 0 aliphatic carbocycles. The largest absolute Gasteiger partial charge is 0.480 e. The predicted molar refractivity (Wildman–Crippen MR) is 71.4 cm³/mol. The number of carbonyl (C=O) groups is 1. The summed E-state index contributed by atoms with van der Waals surface area (Å²) < 4.78 is 5.13. The van der Waals surface area contributed by atoms with Gasteiger partial charge in [-0.25, -0.2) is 0 Å². The number of rotatable bonds is 9. The van der Waals surface area contributed by atoms with Crippen LogP contribution in [0.2, 0.25) is 0 Å². The Morgan fingerprint density at radius 2 is 2.00 bits per heavy atom. The minimum absolute atomic E-state index is 0.214. The molecular weight excluding hydrogens is 282 g/mol. The van der Waals surface area contributed by atoms with Gasteiger partial charge < -0.3 is 29.9 Å². The van der Waals surface area contributed by atoms with E-state index in [1.807, 2.05) is 0 Å². The molecule has 0 aliphatic heterocycles. The monoisotopic (exact) mass is 303 g/mol. The minimum atomic E-state index is -1.66. The van der Waals surface area contributed by atoms with Crippen LogP contribution in [0.5, 0.6) is 0 Å². The van der Waals surface area contributed by atoms with Crippen LogP contribution in [0.1, 0.15) is 25.1 Å². The zero-order chi connectivity index (χ0) is 16.0. The predicted octanol–water partition coefficient (Wildman–Crippen LogP) is -1.15. The highest BCUT2D eigenvalue weighted by molar-refractivity contribution is 5.73. The molecule has 0 saturated heterocycles. The van der Waals surface area contributed by atoms with Gasteiger partial charge in [-0.15, -0.1) is 0 Å². The second kappa shape index (κ2) is 8.11. The summed E-state index contributed by atoms with van der Waals surface area (Å²) in [5, 5.41) is 49.9. The Hall–Kier alpha value is -1.45. The van der Waals surface area contributed by atoms with Crippen LogP contribution in [0, 0.1) is 0 Å². The summed E-state index contributed by atoms with van der Waals surface area (Å²) in [5.41, 5.74) is 0. The van der Waals surface area contributed by atoms with Gasteiger partial charge in [-0.2, -0.15) is 0 Å². The molecule has 0 spiro atoms. The lowest BCUT2D eigenvalue weighted by atomic mass is 9.98. The Morgan fingerprint density at radius 1 is 1.33 bits per heavy atom. The standard InChI is InChI=1S/C13H21NO7/c1-2-7(13(19)20)14-10(9-4-3-5-21-9)12(18)11(17)8(16)6-15/h3-5,7-8,10-12,14-18H,2,6H2,1H3,(H,19,20)/t7-,8+,10-,11-,12-/m0/s1. The van der Waals surface area contributed by atoms with E-state index in [1.165, 1.54) is 12.3 Å². The molecule has 1 rings (SSSR count). The molecule has 0 aliphatic rings. The van der Waals surface area contributed by atoms with Crippen molar-refractivity contribution in [3.8, 4) is 0 Å². The second-order valence-corrected chi connectivity index (χ2v) is 4.69. The van der Waals surface area contributed by atoms with Crippen molar-refractivity contribution in [2.24, 2.45) is 0 Å². The van der Waals surface area contributed by atoms with Crippen molar-refractivity contribution in [1.82, 2.24) is 5.32 Å². The Labute approximate surface area is 121 Å². The number of aliphatic hydroxyl groups excluding tert-OH is 4. The van der Waals surface area contributed by atoms with Crippen molar-refractivity contribution in [2.45, 2.75) is 43.7 Å². The maximum atomic E-state index is 11.1. The minimum Gasteiger partial charge on any atom is -0.480 e. The van der Waals surface area contributed by atoms with Crippen LogP contribution in [-0.2, 0) is 4.79 Å². The molecule has 0 radical (unpaired) electrons. The fourth-order valence-electron chi connectivity index (χ4n) is 1.93. The van der Waals surface area contributed by atoms with E-state index in [0.29, 0.717) is 0 Å². The van der Waals surface area contributed by atoms with Gasteiger partial charge in [0.15, 0.2) is 0 Å². The summed E-state index contributed by atoms with van der Waals surface area (Å²) in [6, 6.07) is 1.05. The van der Waals surface area contributed by atoms with Gasteiger partial charge in [-0.1, -0.05) is 6.92 Å². The number of aliphatic hydroxyl groups is 4. The van der Waals surface area contributed by atoms with Gasteiger partial charge in [0.1, 0.15) is 30.1 Å². The number of hydrogen-bond acceptors (Lipinski definition) is 7. The lowest BCUT2D eigenvalue weighted by Crippen LogP contribution is -2.50. The highest BCUT2D eigenvalue weighted by atomic mass is 16.4. The third-order valence-corrected chi connectivity index (χ3v) is 3.21. The molecular formula is C13H21NO7. The van der Waals surface area contributed by atoms with Crippen LogP contribution >= 0.6 is 0 Å². The number of hydrogen-bond donors (Lipinski definition) is 6. The first-order chi connectivity index (χ1) is 9.92. The Kier molecular flexibility index (Phi) is 6.79. The van der Waals surface area contributed by atoms with E-state index in [1.54, 1.807) is 13.0 Å². The molecule has 0 aromatic carbocycles. The van der Waals surface area contributed by atoms with E-state index in [2.05, 4.69) is 5.32 Å². The number of carboxylic acid groups (broad SMARTS) is 1. The first-order valence-corrected chi connectivity index (χ1v) is 6.59. The summed E-state index contributed by atoms with van der Waals surface area (Å²) in [5.74, 6) is -0.898. The molecule has 8 heteroatoms. The summed E-state index contributed by atoms with van der Waals surface area (Å²) in [6.45, 7) is 0.912. The van der Waals surface area contributed by atoms with Crippen LogP contribution in [-0.4, -0.2) is 62.5 Å². The van der Waals surface area contributed by atoms with Crippen LogP contribution in [0.4, 0.5) is 0 Å². The molecule has 6 N–H and O–H groups in total. The van der Waals surface area contributed by atoms with E-state index in [9.17, 15) is 20.1 Å². The molecule has 0 fully saturated rings. The summed E-state index contributed by atoms with van der Waals surface area (Å²) in [4.78, 5) is 11.1. The fraction of sp³-hybridized carbons (Fsp3) is 0.615. The lowest BCUT2D eigenvalue weighted by Gasteiger charge is -2.30. The smallest absolute Gasteiger partial charge is 0.320 e. The number of furan rings is 1. The Bertz CT molecular complexity index is 422. The first kappa shape index (κ1) is 17.6. The molecule has 1 aromatic heterocycles. The SMILES string of the molecule is CC[C@H](N[C@@H](c1ccco1)[C@H](O)[C@@H](O)[C@H](O)CO)C(=O)O. The summed E-state index contributed by atoms with van der Waals surface area (Å²) in [6.07, 6.45) is -3.19. The molecule has 5 atom stereocenters. The topological polar surface area (TPSA) is 143 Å². The van der Waals surface area contributed by atoms with E-state index < -0.39 is 43.0 Å². The van der Waals surface area contributed by atoms with Crippen molar-refractivity contribution in [1.29, 1.82) is 0 Å². The number of carboxylic acids is 1. The molecule has 1 heterocycles. The maximum absolute atomic E-state index is 11.1. The van der Waals surface area contributed by atoms with Gasteiger partial charge in [-0.3, -0.25) is 10.1 Å². The van der Waals surface area contributed by atoms with Crippen LogP contribution < -0.4 is 5.32 Å². The summed E-state index contributed by atoms with van der Waals surface area (Å²) >= 11 is 0. The molecule has 21 heavy (non-hydrogen) atoms. The number of nitrogens with one attached hydrogen (secondary N) is 1. The molecule has 0 amide bonds. The molecule has 120 valence electrons. The second-order valence-electron chi connectivity index (χ2n) is 4.69. The summed E-state index contributed by atoms with van der Waals surface area (Å²) in [7, 11) is 0. The van der Waals surface area contributed by atoms with Crippen LogP contribution in [0.3, 0.4) is 0 Å². The Morgan fingerprint density at radius 3 is 2.43 bits per heavy atom. The quantitative estimate of drug-likeness (QED) is 0.335. The first-order valence-electron chi connectivity index (χ1n) is 6.59. The highest BCUT2D eigenvalue weighted by Gasteiger charge is 2.35. The van der Waals surface area contributed by atoms with Crippen molar-refractivity contribution in [3.63, 3.8) is 0 Å². The maximum Gasteiger partial charge on any atom is 0.320 e. The van der Waals surface area contributed by atoms with Gasteiger partial charge in [0, 0.05) is 0 Å². The van der Waals surface area contributed by atoms with E-state index in [-0.39, 0.29) is 12.2 Å². The highest BCUT2D eigenvalue weighted by Crippen LogP contribution is 2.22. The molecule has 0 unspecified atom stereocenters. The molecule has 8 nitrogen and oxygen atoms in total. The third-order valence-electron chi connectivity index (χ3n) is 3.21. The average Bonchev–Trinajstić information content (AvgIpc) is 2.99. The molecule has 0 saturated carbocycles. The van der Waals surface area contributed by atoms with Crippen molar-refractivity contribution < 1.29 is 34.7 Å². The fourth-order valence-corrected chi connectivity index (χ4v) is 1.93. The van der Waals surface area contributed by atoms with Crippen LogP contribution in [0.25, 0.3) is 0 Å². The van der Waals surface area contributed by atoms with Crippen LogP contribution in [0.15, 0.2) is 22.8 Å². The van der Waals surface area contributed by atoms with E-state index in [4.69, 9.17) is 14.6 Å². The van der Waals surface area contributed by atoms with E-state index in [0.717, 1.165) is 0 Å². The van der Waals surface area contributed by atoms with Gasteiger partial charge in [0.25, 0.3) is 0 Å². The Balaban J connectivity index is 2.95. The lowest BCUT2D eigenvalue weighted by molar-refractivity contribution is -0.140. The van der Waals surface area contributed by atoms with Gasteiger partial charge >= 0.3 is 5.97 Å². The van der Waals surface area contributed by atoms with Crippen molar-refractivity contribution in [3.05, 3.63) is 24.2 Å².